The Morgan fingerprint density at radius 2 is 2.21 bits per heavy atom. The van der Waals surface area contributed by atoms with Gasteiger partial charge in [-0.05, 0) is 5.41 Å². The summed E-state index contributed by atoms with van der Waals surface area (Å²) in [6, 6.07) is 0. The smallest absolute Gasteiger partial charge is 0.237 e. The van der Waals surface area contributed by atoms with Gasteiger partial charge in [0.15, 0.2) is 0 Å². The van der Waals surface area contributed by atoms with Crippen molar-refractivity contribution in [2.75, 3.05) is 18.8 Å². The fourth-order valence-electron chi connectivity index (χ4n) is 1.42. The van der Waals surface area contributed by atoms with E-state index in [1.165, 1.54) is 0 Å². The van der Waals surface area contributed by atoms with Crippen molar-refractivity contribution < 1.29 is 4.79 Å². The molecule has 1 aliphatic rings. The summed E-state index contributed by atoms with van der Waals surface area (Å²) in [5.41, 5.74) is 6.60. The number of hydrogen-bond acceptors (Lipinski definition) is 3. The normalized spacial score (nSPS) is 18.4. The van der Waals surface area contributed by atoms with Crippen LogP contribution < -0.4 is 5.73 Å². The summed E-state index contributed by atoms with van der Waals surface area (Å²) >= 11 is 1.57. The highest BCUT2D eigenvalue weighted by Crippen LogP contribution is 2.33. The predicted molar refractivity (Wildman–Crippen MR) is 60.8 cm³/mol. The zero-order valence-electron chi connectivity index (χ0n) is 9.04. The maximum Gasteiger partial charge on any atom is 0.237 e. The molecule has 80 valence electrons. The lowest BCUT2D eigenvalue weighted by Crippen LogP contribution is -2.41. The summed E-state index contributed by atoms with van der Waals surface area (Å²) in [6.45, 7) is 7.48. The van der Waals surface area contributed by atoms with Gasteiger partial charge in [-0.3, -0.25) is 4.79 Å². The molecule has 1 heterocycles. The Bertz CT molecular complexity index is 255. The highest BCUT2D eigenvalue weighted by Gasteiger charge is 2.29. The Morgan fingerprint density at radius 3 is 2.71 bits per heavy atom. The number of nitrogens with two attached hydrogens (primary N) is 1. The van der Waals surface area contributed by atoms with E-state index in [2.05, 4.69) is 26.2 Å². The van der Waals surface area contributed by atoms with Crippen molar-refractivity contribution in [1.29, 1.82) is 0 Å². The molecule has 0 bridgehead atoms. The Hall–Kier alpha value is -0.480. The first-order valence-corrected chi connectivity index (χ1v) is 5.84. The topological polar surface area (TPSA) is 46.3 Å². The first-order valence-electron chi connectivity index (χ1n) is 4.79. The van der Waals surface area contributed by atoms with Crippen molar-refractivity contribution in [3.05, 3.63) is 11.1 Å². The van der Waals surface area contributed by atoms with Gasteiger partial charge >= 0.3 is 0 Å². The molecule has 0 saturated heterocycles. The minimum Gasteiger partial charge on any atom is -0.329 e. The Balaban J connectivity index is 2.89. The molecule has 0 radical (unpaired) electrons. The van der Waals surface area contributed by atoms with E-state index in [-0.39, 0.29) is 11.3 Å². The van der Waals surface area contributed by atoms with Crippen LogP contribution in [0.2, 0.25) is 0 Å². The second kappa shape index (κ2) is 4.36. The van der Waals surface area contributed by atoms with E-state index in [0.29, 0.717) is 18.8 Å². The summed E-state index contributed by atoms with van der Waals surface area (Å²) < 4.78 is 0. The Kier molecular flexibility index (Phi) is 3.61. The van der Waals surface area contributed by atoms with E-state index in [0.717, 1.165) is 5.70 Å². The Labute approximate surface area is 89.7 Å². The van der Waals surface area contributed by atoms with Crippen molar-refractivity contribution in [3.8, 4) is 0 Å². The van der Waals surface area contributed by atoms with Crippen LogP contribution in [0.1, 0.15) is 20.8 Å². The molecule has 0 aromatic rings. The van der Waals surface area contributed by atoms with E-state index >= 15 is 0 Å². The molecular weight excluding hydrogens is 196 g/mol. The van der Waals surface area contributed by atoms with Crippen molar-refractivity contribution in [2.45, 2.75) is 20.8 Å². The third kappa shape index (κ3) is 2.51. The van der Waals surface area contributed by atoms with E-state index in [1.54, 1.807) is 11.8 Å². The SMILES string of the molecule is CC(C)(C)C1=CSCC(=O)N1CCN. The number of rotatable bonds is 2. The first kappa shape index (κ1) is 11.6. The van der Waals surface area contributed by atoms with E-state index in [9.17, 15) is 4.79 Å². The summed E-state index contributed by atoms with van der Waals surface area (Å²) in [4.78, 5) is 13.5. The van der Waals surface area contributed by atoms with Gasteiger partial charge in [0.25, 0.3) is 0 Å². The van der Waals surface area contributed by atoms with Crippen molar-refractivity contribution >= 4 is 17.7 Å². The maximum atomic E-state index is 11.6. The van der Waals surface area contributed by atoms with Crippen LogP contribution in [0.3, 0.4) is 0 Å². The molecule has 1 rings (SSSR count). The molecule has 4 heteroatoms. The second-order valence-corrected chi connectivity index (χ2v) is 5.26. The number of carbonyl (C=O) groups excluding carboxylic acids is 1. The van der Waals surface area contributed by atoms with Gasteiger partial charge in [0.1, 0.15) is 0 Å². The minimum atomic E-state index is 0.0122. The standard InChI is InChI=1S/C10H18N2OS/c1-10(2,3)8-6-14-7-9(13)12(8)5-4-11/h6H,4-5,7,11H2,1-3H3. The van der Waals surface area contributed by atoms with Gasteiger partial charge in [0.05, 0.1) is 5.75 Å². The van der Waals surface area contributed by atoms with Crippen LogP contribution in [0.4, 0.5) is 0 Å². The molecule has 1 aliphatic heterocycles. The average Bonchev–Trinajstić information content (AvgIpc) is 2.07. The third-order valence-corrected chi connectivity index (χ3v) is 2.92. The molecule has 0 spiro atoms. The lowest BCUT2D eigenvalue weighted by molar-refractivity contribution is -0.127. The predicted octanol–water partition coefficient (Wildman–Crippen LogP) is 1.41. The summed E-state index contributed by atoms with van der Waals surface area (Å²) in [7, 11) is 0. The van der Waals surface area contributed by atoms with E-state index in [1.807, 2.05) is 4.90 Å². The fraction of sp³-hybridized carbons (Fsp3) is 0.700. The van der Waals surface area contributed by atoms with Crippen LogP contribution in [0.15, 0.2) is 11.1 Å². The van der Waals surface area contributed by atoms with Crippen LogP contribution in [0.25, 0.3) is 0 Å². The lowest BCUT2D eigenvalue weighted by atomic mass is 9.91. The highest BCUT2D eigenvalue weighted by molar-refractivity contribution is 8.02. The number of nitrogens with zero attached hydrogens (tertiary/aromatic N) is 1. The van der Waals surface area contributed by atoms with Crippen LogP contribution in [-0.4, -0.2) is 29.6 Å². The second-order valence-electron chi connectivity index (χ2n) is 4.40. The molecule has 2 N–H and O–H groups in total. The third-order valence-electron chi connectivity index (χ3n) is 2.11. The molecule has 0 aromatic carbocycles. The van der Waals surface area contributed by atoms with E-state index in [4.69, 9.17) is 5.73 Å². The summed E-state index contributed by atoms with van der Waals surface area (Å²) in [5.74, 6) is 0.715. The lowest BCUT2D eigenvalue weighted by Gasteiger charge is -2.35. The van der Waals surface area contributed by atoms with Gasteiger partial charge < -0.3 is 10.6 Å². The van der Waals surface area contributed by atoms with Crippen molar-refractivity contribution in [1.82, 2.24) is 4.90 Å². The largest absolute Gasteiger partial charge is 0.329 e. The highest BCUT2D eigenvalue weighted by atomic mass is 32.2. The van der Waals surface area contributed by atoms with Gasteiger partial charge in [0.2, 0.25) is 5.91 Å². The van der Waals surface area contributed by atoms with Crippen LogP contribution >= 0.6 is 11.8 Å². The average molecular weight is 214 g/mol. The molecular formula is C10H18N2OS. The zero-order chi connectivity index (χ0) is 10.8. The zero-order valence-corrected chi connectivity index (χ0v) is 9.86. The minimum absolute atomic E-state index is 0.0122. The van der Waals surface area contributed by atoms with Gasteiger partial charge in [-0.1, -0.05) is 20.8 Å². The van der Waals surface area contributed by atoms with Crippen LogP contribution in [-0.2, 0) is 4.79 Å². The number of allylic oxidation sites excluding steroid dienone is 1. The van der Waals surface area contributed by atoms with E-state index < -0.39 is 0 Å². The molecule has 0 aliphatic carbocycles. The number of hydrogen-bond donors (Lipinski definition) is 1. The maximum absolute atomic E-state index is 11.6. The molecule has 0 saturated carbocycles. The molecule has 0 aromatic heterocycles. The number of carbonyl (C=O) groups is 1. The van der Waals surface area contributed by atoms with Crippen molar-refractivity contribution in [2.24, 2.45) is 11.1 Å². The van der Waals surface area contributed by atoms with Crippen molar-refractivity contribution in [3.63, 3.8) is 0 Å². The monoisotopic (exact) mass is 214 g/mol. The first-order chi connectivity index (χ1) is 6.46. The van der Waals surface area contributed by atoms with Crippen LogP contribution in [0, 0.1) is 5.41 Å². The number of amides is 1. The molecule has 3 nitrogen and oxygen atoms in total. The van der Waals surface area contributed by atoms with Gasteiger partial charge in [0, 0.05) is 24.2 Å². The fourth-order valence-corrected chi connectivity index (χ4v) is 2.44. The molecule has 0 unspecified atom stereocenters. The van der Waals surface area contributed by atoms with Gasteiger partial charge in [-0.25, -0.2) is 0 Å². The summed E-state index contributed by atoms with van der Waals surface area (Å²) in [6.07, 6.45) is 0. The Morgan fingerprint density at radius 1 is 1.57 bits per heavy atom. The summed E-state index contributed by atoms with van der Waals surface area (Å²) in [5, 5.41) is 2.08. The number of thioether (sulfide) groups is 1. The molecule has 0 atom stereocenters. The molecule has 1 amide bonds. The molecule has 0 fully saturated rings. The van der Waals surface area contributed by atoms with Crippen LogP contribution in [0.5, 0.6) is 0 Å². The molecule has 14 heavy (non-hydrogen) atoms. The quantitative estimate of drug-likeness (QED) is 0.756. The van der Waals surface area contributed by atoms with Gasteiger partial charge in [-0.15, -0.1) is 11.8 Å². The van der Waals surface area contributed by atoms with Gasteiger partial charge in [-0.2, -0.15) is 0 Å².